The lowest BCUT2D eigenvalue weighted by molar-refractivity contribution is 0.349. The summed E-state index contributed by atoms with van der Waals surface area (Å²) < 4.78 is 0. The first-order chi connectivity index (χ1) is 14.1. The molecule has 1 aliphatic rings. The highest BCUT2D eigenvalue weighted by Gasteiger charge is 2.22. The topological polar surface area (TPSA) is 3.24 Å². The predicted molar refractivity (Wildman–Crippen MR) is 130 cm³/mol. The van der Waals surface area contributed by atoms with E-state index in [9.17, 15) is 0 Å². The third-order valence-corrected chi connectivity index (χ3v) is 6.43. The molecule has 0 aliphatic carbocycles. The Morgan fingerprint density at radius 2 is 2.00 bits per heavy atom. The zero-order chi connectivity index (χ0) is 21.1. The van der Waals surface area contributed by atoms with Gasteiger partial charge in [-0.15, -0.1) is 0 Å². The van der Waals surface area contributed by atoms with Gasteiger partial charge in [0.1, 0.15) is 0 Å². The Morgan fingerprint density at radius 3 is 2.69 bits per heavy atom. The predicted octanol–water partition coefficient (Wildman–Crippen LogP) is 7.62. The number of hydrogen-bond acceptors (Lipinski definition) is 1. The first-order valence-electron chi connectivity index (χ1n) is 11.9. The molecule has 0 N–H and O–H groups in total. The molecule has 1 atom stereocenters. The van der Waals surface area contributed by atoms with Gasteiger partial charge in [-0.05, 0) is 92.7 Å². The standard InChI is InChI=1S/C28H43N/c1-6-10-11-13-27-16-17-28(20-26(27)9-4)23(5)14-15-25-18-19-29(22-25)21-24(8-3)12-7-2/h7-8,12,16-17,20,25H,5-6,9-11,13-15,18-19,21-22H2,1-4H3/b12-7-,24-8+. The zero-order valence-corrected chi connectivity index (χ0v) is 19.5. The van der Waals surface area contributed by atoms with Crippen LogP contribution in [0.3, 0.4) is 0 Å². The molecule has 1 aromatic rings. The van der Waals surface area contributed by atoms with Gasteiger partial charge in [0.05, 0.1) is 0 Å². The average molecular weight is 394 g/mol. The second kappa shape index (κ2) is 12.9. The van der Waals surface area contributed by atoms with Crippen molar-refractivity contribution < 1.29 is 0 Å². The van der Waals surface area contributed by atoms with Gasteiger partial charge < -0.3 is 0 Å². The van der Waals surface area contributed by atoms with Gasteiger partial charge in [-0.1, -0.05) is 69.7 Å². The lowest BCUT2D eigenvalue weighted by atomic mass is 9.92. The highest BCUT2D eigenvalue weighted by Crippen LogP contribution is 2.28. The molecule has 160 valence electrons. The molecule has 1 aliphatic heterocycles. The minimum absolute atomic E-state index is 0.814. The van der Waals surface area contributed by atoms with Gasteiger partial charge in [-0.25, -0.2) is 0 Å². The fourth-order valence-electron chi connectivity index (χ4n) is 4.51. The number of hydrogen-bond donors (Lipinski definition) is 0. The number of aryl methyl sites for hydroxylation is 2. The van der Waals surface area contributed by atoms with Crippen molar-refractivity contribution in [3.8, 4) is 0 Å². The maximum atomic E-state index is 4.44. The Labute approximate surface area is 180 Å². The second-order valence-corrected chi connectivity index (χ2v) is 8.69. The summed E-state index contributed by atoms with van der Waals surface area (Å²) in [4.78, 5) is 2.61. The van der Waals surface area contributed by atoms with Crippen molar-refractivity contribution in [3.05, 3.63) is 65.3 Å². The van der Waals surface area contributed by atoms with Gasteiger partial charge in [0.25, 0.3) is 0 Å². The van der Waals surface area contributed by atoms with Crippen molar-refractivity contribution >= 4 is 5.57 Å². The Kier molecular flexibility index (Phi) is 10.5. The van der Waals surface area contributed by atoms with E-state index in [-0.39, 0.29) is 0 Å². The molecule has 2 rings (SSSR count). The molecule has 0 spiro atoms. The van der Waals surface area contributed by atoms with Crippen LogP contribution in [0.2, 0.25) is 0 Å². The van der Waals surface area contributed by atoms with E-state index in [4.69, 9.17) is 0 Å². The van der Waals surface area contributed by atoms with Crippen molar-refractivity contribution in [2.45, 2.75) is 79.1 Å². The SMILES string of the molecule is C=C(CCC1CCN(CC(/C=C\C)=C/C)C1)c1ccc(CCCCC)c(CC)c1. The van der Waals surface area contributed by atoms with Crippen LogP contribution < -0.4 is 0 Å². The normalized spacial score (nSPS) is 18.1. The molecule has 0 bridgehead atoms. The molecule has 0 radical (unpaired) electrons. The second-order valence-electron chi connectivity index (χ2n) is 8.69. The monoisotopic (exact) mass is 393 g/mol. The van der Waals surface area contributed by atoms with Crippen LogP contribution in [0, 0.1) is 5.92 Å². The number of allylic oxidation sites excluding steroid dienone is 3. The van der Waals surface area contributed by atoms with E-state index in [1.54, 1.807) is 5.56 Å². The van der Waals surface area contributed by atoms with E-state index in [0.717, 1.165) is 25.3 Å². The van der Waals surface area contributed by atoms with Crippen molar-refractivity contribution in [3.63, 3.8) is 0 Å². The molecule has 1 unspecified atom stereocenters. The average Bonchev–Trinajstić information content (AvgIpc) is 3.19. The minimum Gasteiger partial charge on any atom is -0.299 e. The Morgan fingerprint density at radius 1 is 1.17 bits per heavy atom. The van der Waals surface area contributed by atoms with Gasteiger partial charge in [0.15, 0.2) is 0 Å². The summed E-state index contributed by atoms with van der Waals surface area (Å²) in [7, 11) is 0. The molecule has 0 saturated carbocycles. The first-order valence-corrected chi connectivity index (χ1v) is 11.9. The van der Waals surface area contributed by atoms with Crippen molar-refractivity contribution in [1.82, 2.24) is 4.90 Å². The third kappa shape index (κ3) is 7.63. The molecule has 0 aromatic heterocycles. The maximum absolute atomic E-state index is 4.44. The lowest BCUT2D eigenvalue weighted by Crippen LogP contribution is -2.22. The third-order valence-electron chi connectivity index (χ3n) is 6.43. The number of rotatable bonds is 12. The van der Waals surface area contributed by atoms with Crippen LogP contribution in [0.4, 0.5) is 0 Å². The fraction of sp³-hybridized carbons (Fsp3) is 0.571. The summed E-state index contributed by atoms with van der Waals surface area (Å²) in [5.74, 6) is 0.814. The Balaban J connectivity index is 1.84. The largest absolute Gasteiger partial charge is 0.299 e. The zero-order valence-electron chi connectivity index (χ0n) is 19.5. The molecule has 1 saturated heterocycles. The highest BCUT2D eigenvalue weighted by atomic mass is 15.1. The summed E-state index contributed by atoms with van der Waals surface area (Å²) in [5, 5.41) is 0. The molecular weight excluding hydrogens is 350 g/mol. The van der Waals surface area contributed by atoms with Crippen LogP contribution in [0.15, 0.2) is 48.6 Å². The van der Waals surface area contributed by atoms with Crippen LogP contribution in [0.25, 0.3) is 5.57 Å². The van der Waals surface area contributed by atoms with Gasteiger partial charge in [-0.2, -0.15) is 0 Å². The maximum Gasteiger partial charge on any atom is 0.0230 e. The quantitative estimate of drug-likeness (QED) is 0.261. The number of unbranched alkanes of at least 4 members (excludes halogenated alkanes) is 2. The number of benzene rings is 1. The number of likely N-dealkylation sites (tertiary alicyclic amines) is 1. The van der Waals surface area contributed by atoms with E-state index in [0.29, 0.717) is 0 Å². The molecular formula is C28H43N. The van der Waals surface area contributed by atoms with E-state index in [1.807, 2.05) is 0 Å². The summed E-state index contributed by atoms with van der Waals surface area (Å²) in [6, 6.07) is 7.10. The van der Waals surface area contributed by atoms with Crippen molar-refractivity contribution in [1.29, 1.82) is 0 Å². The van der Waals surface area contributed by atoms with Crippen LogP contribution in [0.1, 0.15) is 82.9 Å². The van der Waals surface area contributed by atoms with Gasteiger partial charge in [0.2, 0.25) is 0 Å². The molecule has 1 fully saturated rings. The summed E-state index contributed by atoms with van der Waals surface area (Å²) in [5.41, 5.74) is 7.18. The van der Waals surface area contributed by atoms with E-state index < -0.39 is 0 Å². The smallest absolute Gasteiger partial charge is 0.0230 e. The molecule has 29 heavy (non-hydrogen) atoms. The van der Waals surface area contributed by atoms with Crippen LogP contribution >= 0.6 is 0 Å². The summed E-state index contributed by atoms with van der Waals surface area (Å²) >= 11 is 0. The summed E-state index contributed by atoms with van der Waals surface area (Å²) in [6.45, 7) is 16.8. The number of nitrogens with zero attached hydrogens (tertiary/aromatic N) is 1. The van der Waals surface area contributed by atoms with Gasteiger partial charge in [-0.3, -0.25) is 4.90 Å². The molecule has 1 nitrogen and oxygen atoms in total. The lowest BCUT2D eigenvalue weighted by Gasteiger charge is -2.17. The molecule has 1 heterocycles. The van der Waals surface area contributed by atoms with Crippen LogP contribution in [0.5, 0.6) is 0 Å². The Hall–Kier alpha value is -1.60. The first kappa shape index (κ1) is 23.7. The van der Waals surface area contributed by atoms with Crippen LogP contribution in [-0.2, 0) is 12.8 Å². The van der Waals surface area contributed by atoms with Gasteiger partial charge in [0, 0.05) is 13.1 Å². The minimum atomic E-state index is 0.814. The van der Waals surface area contributed by atoms with E-state index >= 15 is 0 Å². The Bertz CT molecular complexity index is 694. The molecule has 1 aromatic carbocycles. The van der Waals surface area contributed by atoms with Gasteiger partial charge >= 0.3 is 0 Å². The van der Waals surface area contributed by atoms with E-state index in [1.165, 1.54) is 73.9 Å². The van der Waals surface area contributed by atoms with Crippen molar-refractivity contribution in [2.24, 2.45) is 5.92 Å². The van der Waals surface area contributed by atoms with E-state index in [2.05, 4.69) is 75.6 Å². The molecule has 0 amide bonds. The highest BCUT2D eigenvalue weighted by molar-refractivity contribution is 5.64. The fourth-order valence-corrected chi connectivity index (χ4v) is 4.51. The summed E-state index contributed by atoms with van der Waals surface area (Å²) in [6.07, 6.45) is 16.6. The van der Waals surface area contributed by atoms with Crippen molar-refractivity contribution in [2.75, 3.05) is 19.6 Å². The molecule has 1 heteroatoms. The van der Waals surface area contributed by atoms with Crippen LogP contribution in [-0.4, -0.2) is 24.5 Å².